The van der Waals surface area contributed by atoms with Gasteiger partial charge < -0.3 is 10.0 Å². The lowest BCUT2D eigenvalue weighted by molar-refractivity contribution is -0.150. The number of hydrogen-bond acceptors (Lipinski definition) is 3. The molecule has 0 aromatic heterocycles. The summed E-state index contributed by atoms with van der Waals surface area (Å²) in [5.41, 5.74) is 1.96. The minimum Gasteiger partial charge on any atom is -0.481 e. The maximum Gasteiger partial charge on any atom is 0.331 e. The number of hydrogen-bond donors (Lipinski definition) is 2. The molecular weight excluding hydrogens is 210 g/mol. The summed E-state index contributed by atoms with van der Waals surface area (Å²) in [7, 11) is 3.48. The fraction of sp³-hybridized carbons (Fsp3) is 0.800. The number of hydrazine groups is 1. The second-order valence-electron chi connectivity index (χ2n) is 4.66. The lowest BCUT2D eigenvalue weighted by atomic mass is 9.80. The van der Waals surface area contributed by atoms with Crippen molar-refractivity contribution in [1.29, 1.82) is 0 Å². The van der Waals surface area contributed by atoms with Gasteiger partial charge >= 0.3 is 12.0 Å². The third-order valence-corrected chi connectivity index (χ3v) is 2.99. The van der Waals surface area contributed by atoms with Crippen molar-refractivity contribution in [2.45, 2.75) is 19.8 Å². The molecule has 0 aliphatic carbocycles. The van der Waals surface area contributed by atoms with E-state index in [9.17, 15) is 9.59 Å². The van der Waals surface area contributed by atoms with Gasteiger partial charge in [0.1, 0.15) is 0 Å². The van der Waals surface area contributed by atoms with E-state index in [1.165, 1.54) is 0 Å². The summed E-state index contributed by atoms with van der Waals surface area (Å²) in [4.78, 5) is 24.3. The van der Waals surface area contributed by atoms with Crippen molar-refractivity contribution >= 4 is 12.0 Å². The molecule has 1 aliphatic rings. The van der Waals surface area contributed by atoms with Crippen molar-refractivity contribution in [3.63, 3.8) is 0 Å². The van der Waals surface area contributed by atoms with Gasteiger partial charge in [-0.2, -0.15) is 0 Å². The number of rotatable bonds is 2. The Bertz CT molecular complexity index is 283. The number of piperidine rings is 1. The Hall–Kier alpha value is -1.30. The summed E-state index contributed by atoms with van der Waals surface area (Å²) in [6.45, 7) is 2.71. The molecule has 1 saturated heterocycles. The van der Waals surface area contributed by atoms with E-state index in [0.717, 1.165) is 0 Å². The van der Waals surface area contributed by atoms with Crippen molar-refractivity contribution in [2.75, 3.05) is 27.2 Å². The number of carbonyl (C=O) groups is 2. The number of nitrogens with one attached hydrogen (secondary N) is 1. The smallest absolute Gasteiger partial charge is 0.331 e. The second-order valence-corrected chi connectivity index (χ2v) is 4.66. The first-order valence-corrected chi connectivity index (χ1v) is 5.31. The Morgan fingerprint density at radius 1 is 1.31 bits per heavy atom. The van der Waals surface area contributed by atoms with Crippen LogP contribution in [0.3, 0.4) is 0 Å². The molecular formula is C10H19N3O3. The number of carboxylic acids is 1. The number of carbonyl (C=O) groups excluding carboxylic acids is 1. The van der Waals surface area contributed by atoms with Crippen LogP contribution in [0.4, 0.5) is 4.79 Å². The molecule has 1 fully saturated rings. The van der Waals surface area contributed by atoms with Crippen LogP contribution in [0.5, 0.6) is 0 Å². The Morgan fingerprint density at radius 2 is 1.81 bits per heavy atom. The number of urea groups is 1. The van der Waals surface area contributed by atoms with Gasteiger partial charge in [0.25, 0.3) is 0 Å². The Kier molecular flexibility index (Phi) is 3.74. The Balaban J connectivity index is 2.49. The summed E-state index contributed by atoms with van der Waals surface area (Å²) in [6, 6.07) is -0.169. The van der Waals surface area contributed by atoms with Gasteiger partial charge in [-0.15, -0.1) is 0 Å². The van der Waals surface area contributed by atoms with E-state index in [4.69, 9.17) is 5.11 Å². The summed E-state index contributed by atoms with van der Waals surface area (Å²) < 4.78 is 0. The molecule has 2 amide bonds. The van der Waals surface area contributed by atoms with Gasteiger partial charge in [-0.3, -0.25) is 10.2 Å². The van der Waals surface area contributed by atoms with E-state index in [0.29, 0.717) is 25.9 Å². The molecule has 1 aliphatic heterocycles. The monoisotopic (exact) mass is 229 g/mol. The van der Waals surface area contributed by atoms with Crippen LogP contribution < -0.4 is 5.43 Å². The van der Waals surface area contributed by atoms with Crippen LogP contribution in [0.1, 0.15) is 19.8 Å². The second kappa shape index (κ2) is 4.69. The third-order valence-electron chi connectivity index (χ3n) is 2.99. The van der Waals surface area contributed by atoms with Gasteiger partial charge in [-0.1, -0.05) is 0 Å². The number of aliphatic carboxylic acids is 1. The number of nitrogens with zero attached hydrogens (tertiary/aromatic N) is 2. The highest BCUT2D eigenvalue weighted by Gasteiger charge is 2.38. The number of likely N-dealkylation sites (tertiary alicyclic amines) is 1. The lowest BCUT2D eigenvalue weighted by Crippen LogP contribution is -2.51. The summed E-state index contributed by atoms with van der Waals surface area (Å²) in [5, 5.41) is 10.6. The van der Waals surface area contributed by atoms with Crippen molar-refractivity contribution in [1.82, 2.24) is 15.3 Å². The van der Waals surface area contributed by atoms with E-state index in [1.807, 2.05) is 0 Å². The van der Waals surface area contributed by atoms with Crippen molar-refractivity contribution in [3.05, 3.63) is 0 Å². The predicted molar refractivity (Wildman–Crippen MR) is 58.8 cm³/mol. The fourth-order valence-electron chi connectivity index (χ4n) is 1.68. The minimum absolute atomic E-state index is 0.169. The molecule has 6 heteroatoms. The highest BCUT2D eigenvalue weighted by atomic mass is 16.4. The zero-order valence-corrected chi connectivity index (χ0v) is 9.99. The average molecular weight is 229 g/mol. The van der Waals surface area contributed by atoms with E-state index in [2.05, 4.69) is 5.43 Å². The highest BCUT2D eigenvalue weighted by molar-refractivity contribution is 5.76. The zero-order chi connectivity index (χ0) is 12.3. The van der Waals surface area contributed by atoms with Gasteiger partial charge in [-0.25, -0.2) is 9.80 Å². The highest BCUT2D eigenvalue weighted by Crippen LogP contribution is 2.30. The van der Waals surface area contributed by atoms with Gasteiger partial charge in [0, 0.05) is 27.2 Å². The van der Waals surface area contributed by atoms with Crippen LogP contribution in [0, 0.1) is 5.41 Å². The van der Waals surface area contributed by atoms with Crippen LogP contribution in [-0.2, 0) is 4.79 Å². The number of carboxylic acid groups (broad SMARTS) is 1. The standard InChI is InChI=1S/C10H19N3O3/c1-10(8(14)15)4-6-13(7-5-10)9(16)11-12(2)3/h4-7H2,1-3H3,(H,11,16)(H,14,15). The first kappa shape index (κ1) is 12.8. The average Bonchev–Trinajstić information content (AvgIpc) is 2.17. The first-order chi connectivity index (χ1) is 7.35. The normalized spacial score (nSPS) is 19.6. The topological polar surface area (TPSA) is 72.9 Å². The molecule has 0 unspecified atom stereocenters. The van der Waals surface area contributed by atoms with Crippen molar-refractivity contribution < 1.29 is 14.7 Å². The molecule has 16 heavy (non-hydrogen) atoms. The van der Waals surface area contributed by atoms with Crippen LogP contribution >= 0.6 is 0 Å². The van der Waals surface area contributed by atoms with Crippen molar-refractivity contribution in [3.8, 4) is 0 Å². The largest absolute Gasteiger partial charge is 0.481 e. The quantitative estimate of drug-likeness (QED) is 0.670. The molecule has 0 saturated carbocycles. The molecule has 6 nitrogen and oxygen atoms in total. The lowest BCUT2D eigenvalue weighted by Gasteiger charge is -2.36. The summed E-state index contributed by atoms with van der Waals surface area (Å²) in [6.07, 6.45) is 1.01. The zero-order valence-electron chi connectivity index (χ0n) is 9.99. The summed E-state index contributed by atoms with van der Waals surface area (Å²) >= 11 is 0. The first-order valence-electron chi connectivity index (χ1n) is 5.31. The van der Waals surface area contributed by atoms with Crippen LogP contribution in [0.25, 0.3) is 0 Å². The fourth-order valence-corrected chi connectivity index (χ4v) is 1.68. The maximum atomic E-state index is 11.6. The maximum absolute atomic E-state index is 11.6. The SMILES string of the molecule is CN(C)NC(=O)N1CCC(C)(C(=O)O)CC1. The predicted octanol–water partition coefficient (Wildman–Crippen LogP) is 0.359. The van der Waals surface area contributed by atoms with E-state index >= 15 is 0 Å². The molecule has 0 aromatic rings. The molecule has 1 heterocycles. The third kappa shape index (κ3) is 2.85. The number of amides is 2. The van der Waals surface area contributed by atoms with Crippen LogP contribution in [-0.4, -0.2) is 54.2 Å². The van der Waals surface area contributed by atoms with E-state index < -0.39 is 11.4 Å². The van der Waals surface area contributed by atoms with Gasteiger partial charge in [-0.05, 0) is 19.8 Å². The molecule has 0 aromatic carbocycles. The molecule has 0 radical (unpaired) electrons. The Morgan fingerprint density at radius 3 is 2.19 bits per heavy atom. The van der Waals surface area contributed by atoms with Gasteiger partial charge in [0.2, 0.25) is 0 Å². The van der Waals surface area contributed by atoms with Crippen LogP contribution in [0.15, 0.2) is 0 Å². The van der Waals surface area contributed by atoms with E-state index in [-0.39, 0.29) is 6.03 Å². The van der Waals surface area contributed by atoms with Crippen molar-refractivity contribution in [2.24, 2.45) is 5.41 Å². The van der Waals surface area contributed by atoms with Gasteiger partial charge in [0.15, 0.2) is 0 Å². The molecule has 0 atom stereocenters. The Labute approximate surface area is 95.2 Å². The molecule has 0 bridgehead atoms. The minimum atomic E-state index is -0.778. The van der Waals surface area contributed by atoms with Gasteiger partial charge in [0.05, 0.1) is 5.41 Å². The van der Waals surface area contributed by atoms with Crippen LogP contribution in [0.2, 0.25) is 0 Å². The summed E-state index contributed by atoms with van der Waals surface area (Å²) in [5.74, 6) is -0.778. The molecule has 0 spiro atoms. The molecule has 92 valence electrons. The molecule has 2 N–H and O–H groups in total. The van der Waals surface area contributed by atoms with E-state index in [1.54, 1.807) is 30.9 Å². The molecule has 1 rings (SSSR count).